The minimum atomic E-state index is -0.399. The molecule has 0 atom stereocenters. The van der Waals surface area contributed by atoms with Crippen molar-refractivity contribution < 1.29 is 9.66 Å². The van der Waals surface area contributed by atoms with Crippen molar-refractivity contribution in [1.82, 2.24) is 0 Å². The maximum atomic E-state index is 10.6. The predicted octanol–water partition coefficient (Wildman–Crippen LogP) is 4.16. The molecule has 0 amide bonds. The molecule has 0 aliphatic carbocycles. The molecule has 2 aromatic rings. The van der Waals surface area contributed by atoms with Crippen LogP contribution in [0.2, 0.25) is 0 Å². The molecular weight excluding hydrogens is 254 g/mol. The Balaban J connectivity index is 2.22. The SMILES string of the molecule is COc1ccc(C(C)=Cc2ccc([N+](=O)[O-])cc2)cc1. The molecule has 0 aliphatic rings. The van der Waals surface area contributed by atoms with E-state index in [1.165, 1.54) is 12.1 Å². The van der Waals surface area contributed by atoms with Crippen molar-refractivity contribution in [2.75, 3.05) is 7.11 Å². The molecule has 0 saturated carbocycles. The van der Waals surface area contributed by atoms with Crippen molar-refractivity contribution in [3.05, 3.63) is 69.8 Å². The number of nitro benzene ring substituents is 1. The highest BCUT2D eigenvalue weighted by Gasteiger charge is 2.03. The smallest absolute Gasteiger partial charge is 0.269 e. The number of hydrogen-bond donors (Lipinski definition) is 0. The van der Waals surface area contributed by atoms with Crippen LogP contribution < -0.4 is 4.74 Å². The summed E-state index contributed by atoms with van der Waals surface area (Å²) in [5, 5.41) is 10.6. The van der Waals surface area contributed by atoms with Gasteiger partial charge in [0.05, 0.1) is 12.0 Å². The lowest BCUT2D eigenvalue weighted by molar-refractivity contribution is -0.384. The highest BCUT2D eigenvalue weighted by atomic mass is 16.6. The molecule has 0 fully saturated rings. The van der Waals surface area contributed by atoms with Crippen molar-refractivity contribution in [3.63, 3.8) is 0 Å². The zero-order valence-corrected chi connectivity index (χ0v) is 11.4. The van der Waals surface area contributed by atoms with Gasteiger partial charge in [-0.2, -0.15) is 0 Å². The lowest BCUT2D eigenvalue weighted by Crippen LogP contribution is -1.87. The van der Waals surface area contributed by atoms with Gasteiger partial charge in [0.15, 0.2) is 0 Å². The molecule has 0 saturated heterocycles. The van der Waals surface area contributed by atoms with E-state index < -0.39 is 4.92 Å². The van der Waals surface area contributed by atoms with Crippen LogP contribution in [-0.4, -0.2) is 12.0 Å². The minimum Gasteiger partial charge on any atom is -0.497 e. The van der Waals surface area contributed by atoms with E-state index in [1.807, 2.05) is 37.3 Å². The first-order valence-electron chi connectivity index (χ1n) is 6.17. The summed E-state index contributed by atoms with van der Waals surface area (Å²) >= 11 is 0. The van der Waals surface area contributed by atoms with Gasteiger partial charge in [-0.05, 0) is 47.9 Å². The van der Waals surface area contributed by atoms with Crippen LogP contribution in [0.1, 0.15) is 18.1 Å². The van der Waals surface area contributed by atoms with Crippen LogP contribution in [0, 0.1) is 10.1 Å². The lowest BCUT2D eigenvalue weighted by Gasteiger charge is -2.04. The van der Waals surface area contributed by atoms with Gasteiger partial charge in [-0.15, -0.1) is 0 Å². The number of allylic oxidation sites excluding steroid dienone is 1. The molecule has 2 aromatic carbocycles. The topological polar surface area (TPSA) is 52.4 Å². The molecule has 4 nitrogen and oxygen atoms in total. The van der Waals surface area contributed by atoms with Crippen LogP contribution in [0.5, 0.6) is 5.75 Å². The minimum absolute atomic E-state index is 0.101. The van der Waals surface area contributed by atoms with Gasteiger partial charge in [0.1, 0.15) is 5.75 Å². The van der Waals surface area contributed by atoms with Gasteiger partial charge in [-0.25, -0.2) is 0 Å². The number of hydrogen-bond acceptors (Lipinski definition) is 3. The van der Waals surface area contributed by atoms with Crippen LogP contribution >= 0.6 is 0 Å². The number of nitro groups is 1. The van der Waals surface area contributed by atoms with Gasteiger partial charge < -0.3 is 4.74 Å². The van der Waals surface area contributed by atoms with Crippen molar-refractivity contribution in [2.45, 2.75) is 6.92 Å². The van der Waals surface area contributed by atoms with Crippen LogP contribution in [0.3, 0.4) is 0 Å². The van der Waals surface area contributed by atoms with Crippen LogP contribution in [0.15, 0.2) is 48.5 Å². The van der Waals surface area contributed by atoms with E-state index in [4.69, 9.17) is 4.74 Å². The van der Waals surface area contributed by atoms with E-state index in [9.17, 15) is 10.1 Å². The molecule has 0 aliphatic heterocycles. The number of rotatable bonds is 4. The first kappa shape index (κ1) is 13.8. The molecule has 102 valence electrons. The van der Waals surface area contributed by atoms with E-state index in [2.05, 4.69) is 0 Å². The normalized spacial score (nSPS) is 11.2. The van der Waals surface area contributed by atoms with E-state index in [0.29, 0.717) is 0 Å². The first-order valence-corrected chi connectivity index (χ1v) is 6.17. The Labute approximate surface area is 117 Å². The van der Waals surface area contributed by atoms with Crippen LogP contribution in [0.25, 0.3) is 11.6 Å². The highest BCUT2D eigenvalue weighted by Crippen LogP contribution is 2.21. The average molecular weight is 269 g/mol. The number of nitrogens with zero attached hydrogens (tertiary/aromatic N) is 1. The second kappa shape index (κ2) is 6.02. The summed E-state index contributed by atoms with van der Waals surface area (Å²) in [7, 11) is 1.63. The van der Waals surface area contributed by atoms with Gasteiger partial charge in [0.2, 0.25) is 0 Å². The maximum Gasteiger partial charge on any atom is 0.269 e. The standard InChI is InChI=1S/C16H15NO3/c1-12(14-5-9-16(20-2)10-6-14)11-13-3-7-15(8-4-13)17(18)19/h3-11H,1-2H3. The van der Waals surface area contributed by atoms with E-state index in [1.54, 1.807) is 19.2 Å². The molecule has 4 heteroatoms. The Morgan fingerprint density at radius 2 is 1.70 bits per heavy atom. The molecule has 20 heavy (non-hydrogen) atoms. The number of ether oxygens (including phenoxy) is 1. The largest absolute Gasteiger partial charge is 0.497 e. The Morgan fingerprint density at radius 1 is 1.10 bits per heavy atom. The second-order valence-electron chi connectivity index (χ2n) is 4.40. The lowest BCUT2D eigenvalue weighted by atomic mass is 10.0. The van der Waals surface area contributed by atoms with Crippen molar-refractivity contribution in [2.24, 2.45) is 0 Å². The monoisotopic (exact) mass is 269 g/mol. The van der Waals surface area contributed by atoms with Crippen LogP contribution in [-0.2, 0) is 0 Å². The molecule has 0 heterocycles. The van der Waals surface area contributed by atoms with Crippen LogP contribution in [0.4, 0.5) is 5.69 Å². The molecule has 0 unspecified atom stereocenters. The summed E-state index contributed by atoms with van der Waals surface area (Å²) in [4.78, 5) is 10.2. The van der Waals surface area contributed by atoms with E-state index in [-0.39, 0.29) is 5.69 Å². The Kier molecular flexibility index (Phi) is 4.15. The fourth-order valence-corrected chi connectivity index (χ4v) is 1.88. The van der Waals surface area contributed by atoms with Gasteiger partial charge in [0, 0.05) is 12.1 Å². The van der Waals surface area contributed by atoms with Gasteiger partial charge in [-0.3, -0.25) is 10.1 Å². The molecule has 0 bridgehead atoms. The van der Waals surface area contributed by atoms with Gasteiger partial charge in [0.25, 0.3) is 5.69 Å². The molecular formula is C16H15NO3. The zero-order valence-electron chi connectivity index (χ0n) is 11.4. The maximum absolute atomic E-state index is 10.6. The molecule has 0 radical (unpaired) electrons. The predicted molar refractivity (Wildman–Crippen MR) is 79.6 cm³/mol. The average Bonchev–Trinajstić information content (AvgIpc) is 2.48. The Hall–Kier alpha value is -2.62. The van der Waals surface area contributed by atoms with Crippen molar-refractivity contribution >= 4 is 17.3 Å². The summed E-state index contributed by atoms with van der Waals surface area (Å²) in [6.45, 7) is 2.00. The Morgan fingerprint density at radius 3 is 2.20 bits per heavy atom. The molecule has 0 spiro atoms. The second-order valence-corrected chi connectivity index (χ2v) is 4.40. The quantitative estimate of drug-likeness (QED) is 0.475. The number of benzene rings is 2. The summed E-state index contributed by atoms with van der Waals surface area (Å²) in [6, 6.07) is 14.3. The highest BCUT2D eigenvalue weighted by molar-refractivity contribution is 5.80. The van der Waals surface area contributed by atoms with Crippen molar-refractivity contribution in [3.8, 4) is 5.75 Å². The third kappa shape index (κ3) is 3.23. The van der Waals surface area contributed by atoms with Gasteiger partial charge in [-0.1, -0.05) is 18.2 Å². The summed E-state index contributed by atoms with van der Waals surface area (Å²) in [5.41, 5.74) is 3.21. The zero-order chi connectivity index (χ0) is 14.5. The third-order valence-electron chi connectivity index (χ3n) is 3.03. The van der Waals surface area contributed by atoms with Gasteiger partial charge >= 0.3 is 0 Å². The van der Waals surface area contributed by atoms with Crippen molar-refractivity contribution in [1.29, 1.82) is 0 Å². The van der Waals surface area contributed by atoms with E-state index >= 15 is 0 Å². The molecule has 2 rings (SSSR count). The summed E-state index contributed by atoms with van der Waals surface area (Å²) in [5.74, 6) is 0.817. The number of non-ortho nitro benzene ring substituents is 1. The number of methoxy groups -OCH3 is 1. The molecule has 0 N–H and O–H groups in total. The summed E-state index contributed by atoms with van der Waals surface area (Å²) in [6.07, 6.45) is 1.99. The summed E-state index contributed by atoms with van der Waals surface area (Å²) < 4.78 is 5.12. The molecule has 0 aromatic heterocycles. The third-order valence-corrected chi connectivity index (χ3v) is 3.03. The fourth-order valence-electron chi connectivity index (χ4n) is 1.88. The van der Waals surface area contributed by atoms with E-state index in [0.717, 1.165) is 22.4 Å². The Bertz CT molecular complexity index is 628. The first-order chi connectivity index (χ1) is 9.60. The fraction of sp³-hybridized carbons (Fsp3) is 0.125.